The van der Waals surface area contributed by atoms with E-state index in [1.165, 1.54) is 18.4 Å². The van der Waals surface area contributed by atoms with Crippen LogP contribution in [-0.4, -0.2) is 11.9 Å². The number of hydrogen-bond acceptors (Lipinski definition) is 2. The van der Waals surface area contributed by atoms with Crippen LogP contribution in [0, 0.1) is 5.92 Å². The van der Waals surface area contributed by atoms with Crippen LogP contribution >= 0.6 is 23.2 Å². The van der Waals surface area contributed by atoms with Crippen molar-refractivity contribution in [3.8, 4) is 0 Å². The highest BCUT2D eigenvalue weighted by Crippen LogP contribution is 2.41. The lowest BCUT2D eigenvalue weighted by Gasteiger charge is -2.23. The van der Waals surface area contributed by atoms with E-state index >= 15 is 0 Å². The number of anilines is 1. The normalized spacial score (nSPS) is 16.5. The lowest BCUT2D eigenvalue weighted by Crippen LogP contribution is -2.41. The molecule has 0 aromatic heterocycles. The van der Waals surface area contributed by atoms with Crippen molar-refractivity contribution in [2.45, 2.75) is 31.8 Å². The van der Waals surface area contributed by atoms with Gasteiger partial charge in [0.15, 0.2) is 0 Å². The molecule has 24 heavy (non-hydrogen) atoms. The van der Waals surface area contributed by atoms with Gasteiger partial charge in [0.05, 0.1) is 21.8 Å². The molecule has 0 bridgehead atoms. The summed E-state index contributed by atoms with van der Waals surface area (Å²) in [6, 6.07) is 15.3. The molecule has 1 fully saturated rings. The van der Waals surface area contributed by atoms with Gasteiger partial charge >= 0.3 is 0 Å². The van der Waals surface area contributed by atoms with Crippen LogP contribution in [0.2, 0.25) is 10.0 Å². The number of hydrogen-bond donors (Lipinski definition) is 2. The zero-order valence-electron chi connectivity index (χ0n) is 13.4. The van der Waals surface area contributed by atoms with Crippen LogP contribution in [0.3, 0.4) is 0 Å². The first-order chi connectivity index (χ1) is 11.6. The van der Waals surface area contributed by atoms with E-state index in [4.69, 9.17) is 23.2 Å². The van der Waals surface area contributed by atoms with Gasteiger partial charge in [0, 0.05) is 6.04 Å². The van der Waals surface area contributed by atoms with Gasteiger partial charge in [-0.25, -0.2) is 0 Å². The van der Waals surface area contributed by atoms with Crippen LogP contribution in [0.5, 0.6) is 0 Å². The average molecular weight is 363 g/mol. The zero-order valence-corrected chi connectivity index (χ0v) is 14.9. The second-order valence-corrected chi connectivity index (χ2v) is 6.99. The Bertz CT molecular complexity index is 717. The lowest BCUT2D eigenvalue weighted by molar-refractivity contribution is -0.118. The van der Waals surface area contributed by atoms with Crippen LogP contribution in [0.25, 0.3) is 0 Å². The third kappa shape index (κ3) is 4.10. The predicted molar refractivity (Wildman–Crippen MR) is 99.6 cm³/mol. The number of halogens is 2. The summed E-state index contributed by atoms with van der Waals surface area (Å²) in [6.45, 7) is 1.87. The minimum atomic E-state index is -0.342. The first-order valence-electron chi connectivity index (χ1n) is 8.12. The third-order valence-electron chi connectivity index (χ3n) is 4.28. The van der Waals surface area contributed by atoms with Crippen LogP contribution in [0.4, 0.5) is 5.69 Å². The molecule has 3 nitrogen and oxygen atoms in total. The number of benzene rings is 2. The summed E-state index contributed by atoms with van der Waals surface area (Å²) in [4.78, 5) is 12.5. The standard InChI is InChI=1S/C19H20Cl2N2O/c1-12(19(24)23-16-9-5-8-15(20)17(16)21)22-18(14-10-11-14)13-6-3-2-4-7-13/h2-9,12,14,18,22H,10-11H2,1H3,(H,23,24)/t12-,18+/m1/s1. The fourth-order valence-electron chi connectivity index (χ4n) is 2.78. The maximum absolute atomic E-state index is 12.5. The van der Waals surface area contributed by atoms with Crippen LogP contribution < -0.4 is 10.6 Å². The maximum Gasteiger partial charge on any atom is 0.241 e. The molecule has 2 N–H and O–H groups in total. The van der Waals surface area contributed by atoms with E-state index in [2.05, 4.69) is 22.8 Å². The Kier molecular flexibility index (Phi) is 5.44. The van der Waals surface area contributed by atoms with Crippen molar-refractivity contribution in [3.63, 3.8) is 0 Å². The van der Waals surface area contributed by atoms with Crippen molar-refractivity contribution in [3.05, 3.63) is 64.1 Å². The molecule has 5 heteroatoms. The van der Waals surface area contributed by atoms with E-state index < -0.39 is 0 Å². The van der Waals surface area contributed by atoms with Crippen molar-refractivity contribution in [1.29, 1.82) is 0 Å². The number of amides is 1. The first-order valence-corrected chi connectivity index (χ1v) is 8.87. The maximum atomic E-state index is 12.5. The van der Waals surface area contributed by atoms with Gasteiger partial charge in [-0.1, -0.05) is 59.6 Å². The summed E-state index contributed by atoms with van der Waals surface area (Å²) in [7, 11) is 0. The monoisotopic (exact) mass is 362 g/mol. The van der Waals surface area contributed by atoms with E-state index in [0.717, 1.165) is 0 Å². The quantitative estimate of drug-likeness (QED) is 0.753. The average Bonchev–Trinajstić information content (AvgIpc) is 3.42. The molecule has 0 heterocycles. The molecule has 2 aromatic carbocycles. The second kappa shape index (κ2) is 7.56. The Morgan fingerprint density at radius 2 is 1.79 bits per heavy atom. The van der Waals surface area contributed by atoms with Crippen molar-refractivity contribution in [2.75, 3.05) is 5.32 Å². The molecule has 0 unspecified atom stereocenters. The van der Waals surface area contributed by atoms with Gasteiger partial charge in [0.2, 0.25) is 5.91 Å². The lowest BCUT2D eigenvalue weighted by atomic mass is 10.0. The Balaban J connectivity index is 1.68. The third-order valence-corrected chi connectivity index (χ3v) is 5.10. The van der Waals surface area contributed by atoms with Crippen LogP contribution in [-0.2, 0) is 4.79 Å². The Morgan fingerprint density at radius 1 is 1.08 bits per heavy atom. The molecule has 2 atom stereocenters. The molecule has 0 spiro atoms. The van der Waals surface area contributed by atoms with E-state index in [0.29, 0.717) is 21.7 Å². The highest BCUT2D eigenvalue weighted by atomic mass is 35.5. The molecule has 2 aromatic rings. The molecule has 1 aliphatic carbocycles. The fourth-order valence-corrected chi connectivity index (χ4v) is 3.13. The van der Waals surface area contributed by atoms with Crippen molar-refractivity contribution < 1.29 is 4.79 Å². The van der Waals surface area contributed by atoms with Crippen molar-refractivity contribution in [1.82, 2.24) is 5.32 Å². The minimum absolute atomic E-state index is 0.124. The van der Waals surface area contributed by atoms with E-state index in [9.17, 15) is 4.79 Å². The van der Waals surface area contributed by atoms with E-state index in [-0.39, 0.29) is 18.0 Å². The number of carbonyl (C=O) groups is 1. The Hall–Kier alpha value is -1.55. The van der Waals surface area contributed by atoms with E-state index in [1.807, 2.05) is 25.1 Å². The largest absolute Gasteiger partial charge is 0.323 e. The van der Waals surface area contributed by atoms with Gasteiger partial charge in [0.1, 0.15) is 0 Å². The van der Waals surface area contributed by atoms with Gasteiger partial charge in [0.25, 0.3) is 0 Å². The smallest absolute Gasteiger partial charge is 0.241 e. The molecule has 1 aliphatic rings. The van der Waals surface area contributed by atoms with Gasteiger partial charge in [-0.05, 0) is 43.4 Å². The Morgan fingerprint density at radius 3 is 2.46 bits per heavy atom. The summed E-state index contributed by atoms with van der Waals surface area (Å²) in [6.07, 6.45) is 2.39. The first kappa shape index (κ1) is 17.3. The van der Waals surface area contributed by atoms with Gasteiger partial charge < -0.3 is 5.32 Å². The molecular formula is C19H20Cl2N2O. The van der Waals surface area contributed by atoms with Gasteiger partial charge in [-0.2, -0.15) is 0 Å². The molecular weight excluding hydrogens is 343 g/mol. The van der Waals surface area contributed by atoms with Crippen LogP contribution in [0.15, 0.2) is 48.5 Å². The summed E-state index contributed by atoms with van der Waals surface area (Å²) >= 11 is 12.1. The van der Waals surface area contributed by atoms with Crippen molar-refractivity contribution in [2.24, 2.45) is 5.92 Å². The summed E-state index contributed by atoms with van der Waals surface area (Å²) in [5.41, 5.74) is 1.76. The second-order valence-electron chi connectivity index (χ2n) is 6.20. The molecule has 0 radical (unpaired) electrons. The number of nitrogens with one attached hydrogen (secondary N) is 2. The van der Waals surface area contributed by atoms with Crippen molar-refractivity contribution >= 4 is 34.8 Å². The highest BCUT2D eigenvalue weighted by Gasteiger charge is 2.34. The fraction of sp³-hybridized carbons (Fsp3) is 0.316. The zero-order chi connectivity index (χ0) is 17.1. The highest BCUT2D eigenvalue weighted by molar-refractivity contribution is 6.44. The Labute approximate surface area is 152 Å². The minimum Gasteiger partial charge on any atom is -0.323 e. The molecule has 126 valence electrons. The summed E-state index contributed by atoms with van der Waals surface area (Å²) in [5.74, 6) is 0.471. The number of carbonyl (C=O) groups excluding carboxylic acids is 1. The molecule has 3 rings (SSSR count). The summed E-state index contributed by atoms with van der Waals surface area (Å²) < 4.78 is 0. The molecule has 0 saturated heterocycles. The molecule has 1 saturated carbocycles. The predicted octanol–water partition coefficient (Wildman–Crippen LogP) is 5.06. The SMILES string of the molecule is C[C@@H](N[C@@H](c1ccccc1)C1CC1)C(=O)Nc1cccc(Cl)c1Cl. The number of rotatable bonds is 6. The van der Waals surface area contributed by atoms with Gasteiger partial charge in [-0.15, -0.1) is 0 Å². The van der Waals surface area contributed by atoms with Crippen LogP contribution in [0.1, 0.15) is 31.4 Å². The van der Waals surface area contributed by atoms with Gasteiger partial charge in [-0.3, -0.25) is 10.1 Å². The molecule has 0 aliphatic heterocycles. The van der Waals surface area contributed by atoms with E-state index in [1.54, 1.807) is 18.2 Å². The summed E-state index contributed by atoms with van der Waals surface area (Å²) in [5, 5.41) is 7.10. The molecule has 1 amide bonds. The topological polar surface area (TPSA) is 41.1 Å².